The van der Waals surface area contributed by atoms with Crippen LogP contribution in [0.5, 0.6) is 0 Å². The van der Waals surface area contributed by atoms with Gasteiger partial charge in [0.2, 0.25) is 0 Å². The summed E-state index contributed by atoms with van der Waals surface area (Å²) in [6.07, 6.45) is -4.56. The fourth-order valence-corrected chi connectivity index (χ4v) is 3.10. The molecule has 2 heterocycles. The zero-order valence-electron chi connectivity index (χ0n) is 17.8. The maximum Gasteiger partial charge on any atom is 0.495 e. The van der Waals surface area contributed by atoms with E-state index in [0.717, 1.165) is 23.2 Å². The summed E-state index contributed by atoms with van der Waals surface area (Å²) in [6, 6.07) is 7.22. The fourth-order valence-electron chi connectivity index (χ4n) is 3.10. The third-order valence-electron chi connectivity index (χ3n) is 5.67. The Balaban J connectivity index is 1.83. The number of aromatic nitrogens is 1. The molecule has 1 aliphatic heterocycles. The summed E-state index contributed by atoms with van der Waals surface area (Å²) >= 11 is 0. The van der Waals surface area contributed by atoms with Crippen molar-refractivity contribution < 1.29 is 27.3 Å². The van der Waals surface area contributed by atoms with Crippen LogP contribution < -0.4 is 10.8 Å². The predicted octanol–water partition coefficient (Wildman–Crippen LogP) is 4.27. The number of anilines is 1. The van der Waals surface area contributed by atoms with Gasteiger partial charge < -0.3 is 14.6 Å². The molecule has 0 unspecified atom stereocenters. The van der Waals surface area contributed by atoms with Crippen molar-refractivity contribution in [3.8, 4) is 0 Å². The van der Waals surface area contributed by atoms with Crippen LogP contribution in [0.25, 0.3) is 0 Å². The Hall–Kier alpha value is -2.39. The predicted molar refractivity (Wildman–Crippen MR) is 109 cm³/mol. The summed E-state index contributed by atoms with van der Waals surface area (Å²) < 4.78 is 50.6. The average Bonchev–Trinajstić information content (AvgIpc) is 2.83. The molecular weight excluding hydrogens is 396 g/mol. The number of aryl methyl sites for hydroxylation is 2. The number of rotatable bonds is 3. The molecule has 1 fully saturated rings. The Kier molecular flexibility index (Phi) is 5.49. The molecule has 0 aliphatic carbocycles. The van der Waals surface area contributed by atoms with Crippen molar-refractivity contribution in [1.29, 1.82) is 0 Å². The number of hydrogen-bond acceptors (Lipinski definition) is 4. The Labute approximate surface area is 174 Å². The smallest absolute Gasteiger partial charge is 0.399 e. The molecule has 1 aromatic carbocycles. The molecule has 0 bridgehead atoms. The van der Waals surface area contributed by atoms with Crippen LogP contribution in [0, 0.1) is 13.8 Å². The lowest BCUT2D eigenvalue weighted by atomic mass is 9.76. The van der Waals surface area contributed by atoms with Crippen LogP contribution in [0.3, 0.4) is 0 Å². The molecule has 9 heteroatoms. The molecule has 0 radical (unpaired) electrons. The van der Waals surface area contributed by atoms with E-state index < -0.39 is 36.1 Å². The van der Waals surface area contributed by atoms with Gasteiger partial charge in [0.05, 0.1) is 22.5 Å². The topological polar surface area (TPSA) is 60.5 Å². The summed E-state index contributed by atoms with van der Waals surface area (Å²) in [7, 11) is -0.596. The van der Waals surface area contributed by atoms with Gasteiger partial charge in [0.15, 0.2) is 0 Å². The summed E-state index contributed by atoms with van der Waals surface area (Å²) in [5.74, 6) is -0.544. The number of nitrogens with one attached hydrogen (secondary N) is 1. The lowest BCUT2D eigenvalue weighted by molar-refractivity contribution is -0.141. The second-order valence-electron chi connectivity index (χ2n) is 8.44. The van der Waals surface area contributed by atoms with Gasteiger partial charge in [-0.05, 0) is 71.3 Å². The first-order chi connectivity index (χ1) is 13.7. The summed E-state index contributed by atoms with van der Waals surface area (Å²) in [5.41, 5.74) is 0.206. The van der Waals surface area contributed by atoms with Crippen LogP contribution in [0.2, 0.25) is 0 Å². The van der Waals surface area contributed by atoms with Gasteiger partial charge >= 0.3 is 13.3 Å². The molecule has 2 aromatic rings. The van der Waals surface area contributed by atoms with Gasteiger partial charge in [0.1, 0.15) is 5.69 Å². The SMILES string of the molecule is Cc1ccc(NC(=O)c2ccc(C(F)(F)F)nc2C)cc1B1OC(C)(C)C(C)(C)O1. The van der Waals surface area contributed by atoms with Gasteiger partial charge in [0, 0.05) is 5.69 Å². The van der Waals surface area contributed by atoms with E-state index >= 15 is 0 Å². The van der Waals surface area contributed by atoms with Crippen molar-refractivity contribution in [2.24, 2.45) is 0 Å². The summed E-state index contributed by atoms with van der Waals surface area (Å²) in [5, 5.41) is 2.72. The molecule has 0 atom stereocenters. The van der Waals surface area contributed by atoms with E-state index in [9.17, 15) is 18.0 Å². The van der Waals surface area contributed by atoms with Crippen molar-refractivity contribution >= 4 is 24.2 Å². The van der Waals surface area contributed by atoms with E-state index in [1.165, 1.54) is 6.92 Å². The second-order valence-corrected chi connectivity index (χ2v) is 8.44. The lowest BCUT2D eigenvalue weighted by Gasteiger charge is -2.32. The quantitative estimate of drug-likeness (QED) is 0.754. The molecule has 0 saturated carbocycles. The normalized spacial score (nSPS) is 17.8. The van der Waals surface area contributed by atoms with Gasteiger partial charge in [-0.3, -0.25) is 4.79 Å². The minimum Gasteiger partial charge on any atom is -0.399 e. The largest absolute Gasteiger partial charge is 0.495 e. The Morgan fingerprint density at radius 1 is 1.03 bits per heavy atom. The van der Waals surface area contributed by atoms with E-state index in [2.05, 4.69) is 10.3 Å². The number of carbonyl (C=O) groups excluding carboxylic acids is 1. The number of halogens is 3. The van der Waals surface area contributed by atoms with Gasteiger partial charge in [0.25, 0.3) is 5.91 Å². The first kappa shape index (κ1) is 22.3. The van der Waals surface area contributed by atoms with E-state index in [1.54, 1.807) is 12.1 Å². The monoisotopic (exact) mass is 420 g/mol. The highest BCUT2D eigenvalue weighted by atomic mass is 19.4. The highest BCUT2D eigenvalue weighted by Gasteiger charge is 2.52. The van der Waals surface area contributed by atoms with Gasteiger partial charge in [-0.25, -0.2) is 4.98 Å². The maximum absolute atomic E-state index is 12.8. The maximum atomic E-state index is 12.8. The number of benzene rings is 1. The molecule has 1 N–H and O–H groups in total. The number of carbonyl (C=O) groups is 1. The zero-order chi connectivity index (χ0) is 22.5. The summed E-state index contributed by atoms with van der Waals surface area (Å²) in [6.45, 7) is 11.1. The van der Waals surface area contributed by atoms with Gasteiger partial charge in [-0.2, -0.15) is 13.2 Å². The first-order valence-electron chi connectivity index (χ1n) is 9.54. The van der Waals surface area contributed by atoms with E-state index in [4.69, 9.17) is 9.31 Å². The van der Waals surface area contributed by atoms with Crippen molar-refractivity contribution in [2.45, 2.75) is 58.9 Å². The van der Waals surface area contributed by atoms with Crippen LogP contribution in [-0.4, -0.2) is 29.2 Å². The third-order valence-corrected chi connectivity index (χ3v) is 5.67. The van der Waals surface area contributed by atoms with Crippen molar-refractivity contribution in [3.63, 3.8) is 0 Å². The van der Waals surface area contributed by atoms with Crippen LogP contribution in [0.1, 0.15) is 55.0 Å². The zero-order valence-corrected chi connectivity index (χ0v) is 17.8. The molecular formula is C21H24BF3N2O3. The average molecular weight is 420 g/mol. The molecule has 1 saturated heterocycles. The molecule has 160 valence electrons. The van der Waals surface area contributed by atoms with Crippen LogP contribution in [0.4, 0.5) is 18.9 Å². The Morgan fingerprint density at radius 3 is 2.17 bits per heavy atom. The van der Waals surface area contributed by atoms with Crippen molar-refractivity contribution in [2.75, 3.05) is 5.32 Å². The highest BCUT2D eigenvalue weighted by molar-refractivity contribution is 6.62. The molecule has 30 heavy (non-hydrogen) atoms. The van der Waals surface area contributed by atoms with Gasteiger partial charge in [-0.1, -0.05) is 11.6 Å². The minimum atomic E-state index is -4.56. The van der Waals surface area contributed by atoms with Gasteiger partial charge in [-0.15, -0.1) is 0 Å². The number of pyridine rings is 1. The lowest BCUT2D eigenvalue weighted by Crippen LogP contribution is -2.41. The van der Waals surface area contributed by atoms with Crippen molar-refractivity contribution in [3.05, 3.63) is 52.8 Å². The number of alkyl halides is 3. The summed E-state index contributed by atoms with van der Waals surface area (Å²) in [4.78, 5) is 16.1. The van der Waals surface area contributed by atoms with Crippen LogP contribution >= 0.6 is 0 Å². The molecule has 5 nitrogen and oxygen atoms in total. The number of amides is 1. The van der Waals surface area contributed by atoms with Crippen LogP contribution in [-0.2, 0) is 15.5 Å². The Bertz CT molecular complexity index is 974. The Morgan fingerprint density at radius 2 is 1.63 bits per heavy atom. The standard InChI is InChI=1S/C21H24BF3N2O3/c1-12-7-8-14(11-16(12)22-29-19(3,4)20(5,6)30-22)27-18(28)15-9-10-17(21(23,24)25)26-13(15)2/h7-11H,1-6H3,(H,27,28). The van der Waals surface area contributed by atoms with E-state index in [-0.39, 0.29) is 11.3 Å². The minimum absolute atomic E-state index is 0.000573. The molecule has 3 rings (SSSR count). The molecule has 1 aromatic heterocycles. The highest BCUT2D eigenvalue weighted by Crippen LogP contribution is 2.37. The van der Waals surface area contributed by atoms with E-state index in [1.807, 2.05) is 40.7 Å². The van der Waals surface area contributed by atoms with Crippen molar-refractivity contribution in [1.82, 2.24) is 4.98 Å². The fraction of sp³-hybridized carbons (Fsp3) is 0.429. The van der Waals surface area contributed by atoms with Crippen LogP contribution in [0.15, 0.2) is 30.3 Å². The second kappa shape index (κ2) is 7.39. The third kappa shape index (κ3) is 4.22. The van der Waals surface area contributed by atoms with E-state index in [0.29, 0.717) is 5.69 Å². The molecule has 1 aliphatic rings. The number of hydrogen-bond donors (Lipinski definition) is 1. The number of nitrogens with zero attached hydrogens (tertiary/aromatic N) is 1. The molecule has 1 amide bonds. The molecule has 0 spiro atoms. The first-order valence-corrected chi connectivity index (χ1v) is 9.54.